The molecule has 1 rings (SSSR count). The number of hydrogen-bond donors (Lipinski definition) is 2. The standard InChI is InChI=1S/C29H61N.C24H51N.C14H31N.C5H12N2/c1-4-6-8-10-12-14-16-18-20-22-24-26-28-30(3)29-27-25-23-21-19-17-15-13-11-9-7-5-2;1-4-6-8-10-12-14-16-18-20-22-24-25(3)23-21-19-17-15-13-11-9-7-5-2;1-2-3-4-5-6-7-8-9-10-11-12-13-14-15;1-7-4-2-6-3-5-7/h4-29H2,1-3H3;4-24H2,1-3H3;2-15H2,1H3;6H,2-5H2,1H3. The van der Waals surface area contributed by atoms with Crippen LogP contribution in [0.2, 0.25) is 0 Å². The lowest BCUT2D eigenvalue weighted by atomic mass is 10.0. The van der Waals surface area contributed by atoms with Gasteiger partial charge in [0, 0.05) is 26.2 Å². The number of nitrogens with one attached hydrogen (secondary N) is 1. The molecule has 0 aromatic carbocycles. The minimum Gasteiger partial charge on any atom is -0.330 e. The van der Waals surface area contributed by atoms with Crippen molar-refractivity contribution in [3.63, 3.8) is 0 Å². The SMILES string of the molecule is CCCCCCCCCCCCCCN.CCCCCCCCCCCCCCN(C)CCCCCCCCCCCCCC.CCCCCCCCCCCCN(C)CCCCCCCCCCC.CN1CCNCC1. The van der Waals surface area contributed by atoms with Gasteiger partial charge in [-0.05, 0) is 86.0 Å². The zero-order valence-corrected chi connectivity index (χ0v) is 55.7. The van der Waals surface area contributed by atoms with Crippen LogP contribution < -0.4 is 11.1 Å². The van der Waals surface area contributed by atoms with Crippen molar-refractivity contribution in [2.24, 2.45) is 5.73 Å². The van der Waals surface area contributed by atoms with Crippen LogP contribution in [-0.4, -0.2) is 94.7 Å². The maximum absolute atomic E-state index is 5.45. The van der Waals surface area contributed by atoms with E-state index in [9.17, 15) is 0 Å². The average Bonchev–Trinajstić information content (AvgIpc) is 3.43. The minimum atomic E-state index is 0.872. The van der Waals surface area contributed by atoms with Crippen LogP contribution in [0.5, 0.6) is 0 Å². The monoisotopic (exact) mass is 1090 g/mol. The van der Waals surface area contributed by atoms with Crippen LogP contribution in [0.15, 0.2) is 0 Å². The van der Waals surface area contributed by atoms with Crippen molar-refractivity contribution in [3.05, 3.63) is 0 Å². The minimum absolute atomic E-state index is 0.872. The Balaban J connectivity index is -0.00000104. The van der Waals surface area contributed by atoms with Crippen LogP contribution in [0, 0.1) is 0 Å². The summed E-state index contributed by atoms with van der Waals surface area (Å²) in [5, 5.41) is 3.27. The topological polar surface area (TPSA) is 47.8 Å². The molecule has 0 bridgehead atoms. The number of nitrogens with zero attached hydrogens (tertiary/aromatic N) is 3. The third kappa shape index (κ3) is 82.4. The first kappa shape index (κ1) is 81.0. The Kier molecular flexibility index (Phi) is 81.9. The summed E-state index contributed by atoms with van der Waals surface area (Å²) in [5.74, 6) is 0. The maximum atomic E-state index is 5.45. The first-order chi connectivity index (χ1) is 37.9. The molecule has 77 heavy (non-hydrogen) atoms. The van der Waals surface area contributed by atoms with Gasteiger partial charge in [0.25, 0.3) is 0 Å². The molecule has 0 saturated carbocycles. The summed E-state index contributed by atoms with van der Waals surface area (Å²) in [6.07, 6.45) is 79.2. The van der Waals surface area contributed by atoms with Crippen LogP contribution >= 0.6 is 0 Å². The van der Waals surface area contributed by atoms with E-state index in [1.807, 2.05) is 0 Å². The first-order valence-corrected chi connectivity index (χ1v) is 36.4. The Bertz CT molecular complexity index is 900. The van der Waals surface area contributed by atoms with Gasteiger partial charge in [-0.2, -0.15) is 0 Å². The van der Waals surface area contributed by atoms with Gasteiger partial charge in [0.2, 0.25) is 0 Å². The highest BCUT2D eigenvalue weighted by Crippen LogP contribution is 2.16. The van der Waals surface area contributed by atoms with Crippen molar-refractivity contribution in [3.8, 4) is 0 Å². The number of nitrogens with two attached hydrogens (primary N) is 1. The smallest absolute Gasteiger partial charge is 0.0104 e. The van der Waals surface area contributed by atoms with Gasteiger partial charge in [-0.15, -0.1) is 0 Å². The van der Waals surface area contributed by atoms with Crippen molar-refractivity contribution < 1.29 is 0 Å². The van der Waals surface area contributed by atoms with Gasteiger partial charge < -0.3 is 25.8 Å². The molecule has 0 unspecified atom stereocenters. The van der Waals surface area contributed by atoms with Crippen molar-refractivity contribution in [2.75, 3.05) is 80.0 Å². The molecular formula is C72H155N5. The number of rotatable bonds is 59. The summed E-state index contributed by atoms with van der Waals surface area (Å²) in [5.41, 5.74) is 5.45. The molecule has 0 amide bonds. The van der Waals surface area contributed by atoms with Gasteiger partial charge in [0.05, 0.1) is 0 Å². The van der Waals surface area contributed by atoms with E-state index >= 15 is 0 Å². The maximum Gasteiger partial charge on any atom is 0.0104 e. The van der Waals surface area contributed by atoms with Gasteiger partial charge in [-0.1, -0.05) is 356 Å². The predicted molar refractivity (Wildman–Crippen MR) is 357 cm³/mol. The highest BCUT2D eigenvalue weighted by atomic mass is 15.2. The van der Waals surface area contributed by atoms with E-state index in [0.29, 0.717) is 0 Å². The molecule has 0 aromatic heterocycles. The highest BCUT2D eigenvalue weighted by molar-refractivity contribution is 4.62. The largest absolute Gasteiger partial charge is 0.330 e. The lowest BCUT2D eigenvalue weighted by Gasteiger charge is -2.21. The van der Waals surface area contributed by atoms with E-state index in [2.05, 4.69) is 75.8 Å². The first-order valence-electron chi connectivity index (χ1n) is 36.4. The van der Waals surface area contributed by atoms with Crippen LogP contribution in [0.1, 0.15) is 388 Å². The molecule has 5 nitrogen and oxygen atoms in total. The Hall–Kier alpha value is -0.200. The second kappa shape index (κ2) is 77.9. The molecule has 3 N–H and O–H groups in total. The molecule has 1 heterocycles. The molecule has 5 heteroatoms. The van der Waals surface area contributed by atoms with Crippen LogP contribution in [0.4, 0.5) is 0 Å². The lowest BCUT2D eigenvalue weighted by molar-refractivity contribution is 0.291. The Morgan fingerprint density at radius 2 is 0.416 bits per heavy atom. The van der Waals surface area contributed by atoms with Crippen LogP contribution in [-0.2, 0) is 0 Å². The summed E-state index contributed by atoms with van der Waals surface area (Å²) < 4.78 is 0. The molecule has 1 fully saturated rings. The molecule has 1 aliphatic rings. The van der Waals surface area contributed by atoms with E-state index in [-0.39, 0.29) is 0 Å². The van der Waals surface area contributed by atoms with Gasteiger partial charge in [-0.3, -0.25) is 0 Å². The molecule has 0 spiro atoms. The van der Waals surface area contributed by atoms with Crippen molar-refractivity contribution in [1.29, 1.82) is 0 Å². The normalized spacial score (nSPS) is 12.7. The molecule has 0 radical (unpaired) electrons. The Morgan fingerprint density at radius 3 is 0.558 bits per heavy atom. The molecule has 1 aliphatic heterocycles. The Labute approximate surface area is 491 Å². The molecule has 1 saturated heterocycles. The molecular weight excluding hydrogens is 935 g/mol. The second-order valence-electron chi connectivity index (χ2n) is 25.1. The van der Waals surface area contributed by atoms with E-state index in [1.165, 1.54) is 392 Å². The fourth-order valence-corrected chi connectivity index (χ4v) is 11.0. The number of piperazine rings is 1. The summed E-state index contributed by atoms with van der Waals surface area (Å²) in [6.45, 7) is 22.4. The molecule has 0 aliphatic carbocycles. The highest BCUT2D eigenvalue weighted by Gasteiger charge is 2.03. The predicted octanol–water partition coefficient (Wildman–Crippen LogP) is 22.9. The summed E-state index contributed by atoms with van der Waals surface area (Å²) >= 11 is 0. The molecule has 468 valence electrons. The Morgan fingerprint density at radius 1 is 0.260 bits per heavy atom. The number of unbranched alkanes of at least 4 members (excludes halogenated alkanes) is 50. The van der Waals surface area contributed by atoms with Crippen molar-refractivity contribution in [1.82, 2.24) is 20.0 Å². The zero-order chi connectivity index (χ0) is 56.7. The third-order valence-corrected chi connectivity index (χ3v) is 16.7. The van der Waals surface area contributed by atoms with Crippen molar-refractivity contribution >= 4 is 0 Å². The summed E-state index contributed by atoms with van der Waals surface area (Å²) in [6, 6.07) is 0. The molecule has 0 atom stereocenters. The van der Waals surface area contributed by atoms with E-state index in [1.54, 1.807) is 0 Å². The second-order valence-corrected chi connectivity index (χ2v) is 25.1. The van der Waals surface area contributed by atoms with Gasteiger partial charge in [-0.25, -0.2) is 0 Å². The van der Waals surface area contributed by atoms with Crippen molar-refractivity contribution in [2.45, 2.75) is 388 Å². The van der Waals surface area contributed by atoms with E-state index < -0.39 is 0 Å². The number of hydrogen-bond acceptors (Lipinski definition) is 5. The van der Waals surface area contributed by atoms with Gasteiger partial charge in [0.15, 0.2) is 0 Å². The summed E-state index contributed by atoms with van der Waals surface area (Å²) in [7, 11) is 6.80. The molecule has 0 aromatic rings. The van der Waals surface area contributed by atoms with E-state index in [4.69, 9.17) is 5.73 Å². The zero-order valence-electron chi connectivity index (χ0n) is 55.7. The number of likely N-dealkylation sites (N-methyl/N-ethyl adjacent to an activating group) is 1. The van der Waals surface area contributed by atoms with Gasteiger partial charge in [0.1, 0.15) is 0 Å². The fraction of sp³-hybridized carbons (Fsp3) is 1.00. The van der Waals surface area contributed by atoms with Crippen LogP contribution in [0.25, 0.3) is 0 Å². The van der Waals surface area contributed by atoms with E-state index in [0.717, 1.165) is 19.6 Å². The average molecular weight is 1090 g/mol. The quantitative estimate of drug-likeness (QED) is 0.0595. The third-order valence-electron chi connectivity index (χ3n) is 16.7. The fourth-order valence-electron chi connectivity index (χ4n) is 11.0. The lowest BCUT2D eigenvalue weighted by Crippen LogP contribution is -2.40. The van der Waals surface area contributed by atoms with Crippen LogP contribution in [0.3, 0.4) is 0 Å². The summed E-state index contributed by atoms with van der Waals surface area (Å²) in [4.78, 5) is 7.47. The van der Waals surface area contributed by atoms with Gasteiger partial charge >= 0.3 is 0 Å².